The maximum atomic E-state index is 13.2. The van der Waals surface area contributed by atoms with Crippen molar-refractivity contribution in [2.45, 2.75) is 36.5 Å². The van der Waals surface area contributed by atoms with Crippen molar-refractivity contribution in [1.29, 1.82) is 0 Å². The summed E-state index contributed by atoms with van der Waals surface area (Å²) in [6.07, 6.45) is 3.93. The zero-order chi connectivity index (χ0) is 11.8. The molecule has 16 heavy (non-hydrogen) atoms. The zero-order valence-corrected chi connectivity index (χ0v) is 10.2. The lowest BCUT2D eigenvalue weighted by atomic mass is 9.98. The SMILES string of the molecule is O=S(=O)(Cl)c1ccc(F)cc1C1CCCC1. The smallest absolute Gasteiger partial charge is 0.207 e. The minimum Gasteiger partial charge on any atom is -0.207 e. The molecule has 1 aliphatic carbocycles. The van der Waals surface area contributed by atoms with Gasteiger partial charge in [-0.05, 0) is 42.5 Å². The first-order chi connectivity index (χ1) is 7.48. The summed E-state index contributed by atoms with van der Waals surface area (Å²) in [5, 5.41) is 0. The highest BCUT2D eigenvalue weighted by Gasteiger charge is 2.25. The van der Waals surface area contributed by atoms with Crippen molar-refractivity contribution in [3.8, 4) is 0 Å². The quantitative estimate of drug-likeness (QED) is 0.766. The first kappa shape index (κ1) is 11.9. The Balaban J connectivity index is 2.52. The van der Waals surface area contributed by atoms with Crippen LogP contribution in [0.2, 0.25) is 0 Å². The van der Waals surface area contributed by atoms with Crippen LogP contribution in [0.4, 0.5) is 4.39 Å². The van der Waals surface area contributed by atoms with Crippen LogP contribution < -0.4 is 0 Å². The van der Waals surface area contributed by atoms with Crippen molar-refractivity contribution in [3.05, 3.63) is 29.6 Å². The Labute approximate surface area is 98.8 Å². The fourth-order valence-corrected chi connectivity index (χ4v) is 3.46. The highest BCUT2D eigenvalue weighted by molar-refractivity contribution is 8.13. The van der Waals surface area contributed by atoms with Crippen LogP contribution in [0.1, 0.15) is 37.2 Å². The highest BCUT2D eigenvalue weighted by Crippen LogP contribution is 2.38. The first-order valence-electron chi connectivity index (χ1n) is 5.22. The lowest BCUT2D eigenvalue weighted by Crippen LogP contribution is -2.02. The van der Waals surface area contributed by atoms with Gasteiger partial charge in [-0.3, -0.25) is 0 Å². The van der Waals surface area contributed by atoms with Crippen molar-refractivity contribution in [2.75, 3.05) is 0 Å². The summed E-state index contributed by atoms with van der Waals surface area (Å²) in [4.78, 5) is 0.0578. The molecule has 0 N–H and O–H groups in total. The molecule has 0 radical (unpaired) electrons. The lowest BCUT2D eigenvalue weighted by molar-refractivity contribution is 0.597. The van der Waals surface area contributed by atoms with Gasteiger partial charge in [-0.25, -0.2) is 12.8 Å². The van der Waals surface area contributed by atoms with Crippen LogP contribution in [0.25, 0.3) is 0 Å². The Morgan fingerprint density at radius 3 is 2.44 bits per heavy atom. The van der Waals surface area contributed by atoms with Gasteiger partial charge < -0.3 is 0 Å². The Morgan fingerprint density at radius 1 is 1.25 bits per heavy atom. The van der Waals surface area contributed by atoms with Gasteiger partial charge in [0.25, 0.3) is 9.05 Å². The van der Waals surface area contributed by atoms with Crippen LogP contribution in [-0.2, 0) is 9.05 Å². The van der Waals surface area contributed by atoms with Crippen molar-refractivity contribution in [3.63, 3.8) is 0 Å². The number of rotatable bonds is 2. The van der Waals surface area contributed by atoms with Gasteiger partial charge in [-0.1, -0.05) is 12.8 Å². The maximum absolute atomic E-state index is 13.2. The van der Waals surface area contributed by atoms with Gasteiger partial charge in [0, 0.05) is 10.7 Å². The molecule has 1 saturated carbocycles. The summed E-state index contributed by atoms with van der Waals surface area (Å²) in [5.74, 6) is -0.287. The third kappa shape index (κ3) is 2.38. The fourth-order valence-electron chi connectivity index (χ4n) is 2.30. The molecule has 0 heterocycles. The molecule has 0 aliphatic heterocycles. The van der Waals surface area contributed by atoms with Gasteiger partial charge in [0.05, 0.1) is 4.90 Å². The van der Waals surface area contributed by atoms with E-state index in [0.717, 1.165) is 31.7 Å². The van der Waals surface area contributed by atoms with Gasteiger partial charge in [-0.2, -0.15) is 0 Å². The average Bonchev–Trinajstić information content (AvgIpc) is 2.68. The molecule has 2 rings (SSSR count). The molecule has 1 aliphatic rings. The summed E-state index contributed by atoms with van der Waals surface area (Å²) in [5.41, 5.74) is 0.535. The normalized spacial score (nSPS) is 17.9. The standard InChI is InChI=1S/C11H12ClFO2S/c12-16(14,15)11-6-5-9(13)7-10(11)8-3-1-2-4-8/h5-8H,1-4H2. The molecule has 0 aromatic heterocycles. The molecule has 0 bridgehead atoms. The molecule has 0 amide bonds. The molecule has 0 saturated heterocycles. The van der Waals surface area contributed by atoms with E-state index in [1.165, 1.54) is 12.1 Å². The molecule has 2 nitrogen and oxygen atoms in total. The van der Waals surface area contributed by atoms with Gasteiger partial charge in [0.15, 0.2) is 0 Å². The zero-order valence-electron chi connectivity index (χ0n) is 8.62. The summed E-state index contributed by atoms with van der Waals surface area (Å²) in [6, 6.07) is 3.68. The van der Waals surface area contributed by atoms with E-state index in [9.17, 15) is 12.8 Å². The number of hydrogen-bond acceptors (Lipinski definition) is 2. The second kappa shape index (κ2) is 4.34. The van der Waals surface area contributed by atoms with E-state index in [-0.39, 0.29) is 10.8 Å². The van der Waals surface area contributed by atoms with Crippen LogP contribution in [0.5, 0.6) is 0 Å². The molecule has 88 valence electrons. The monoisotopic (exact) mass is 262 g/mol. The predicted octanol–water partition coefficient (Wildman–Crippen LogP) is 3.41. The average molecular weight is 263 g/mol. The Hall–Kier alpha value is -0.610. The van der Waals surface area contributed by atoms with Crippen molar-refractivity contribution in [2.24, 2.45) is 0 Å². The lowest BCUT2D eigenvalue weighted by Gasteiger charge is -2.13. The summed E-state index contributed by atoms with van der Waals surface area (Å²) in [7, 11) is 1.56. The van der Waals surface area contributed by atoms with Crippen molar-refractivity contribution >= 4 is 19.7 Å². The second-order valence-electron chi connectivity index (χ2n) is 4.10. The second-order valence-corrected chi connectivity index (χ2v) is 6.64. The van der Waals surface area contributed by atoms with E-state index in [2.05, 4.69) is 0 Å². The maximum Gasteiger partial charge on any atom is 0.261 e. The van der Waals surface area contributed by atoms with Crippen LogP contribution in [-0.4, -0.2) is 8.42 Å². The molecular formula is C11H12ClFO2S. The van der Waals surface area contributed by atoms with E-state index in [0.29, 0.717) is 5.56 Å². The molecule has 1 aromatic rings. The van der Waals surface area contributed by atoms with Crippen LogP contribution in [0.15, 0.2) is 23.1 Å². The summed E-state index contributed by atoms with van der Waals surface area (Å²) < 4.78 is 35.9. The molecule has 1 aromatic carbocycles. The Morgan fingerprint density at radius 2 is 1.88 bits per heavy atom. The number of benzene rings is 1. The van der Waals surface area contributed by atoms with Crippen LogP contribution >= 0.6 is 10.7 Å². The topological polar surface area (TPSA) is 34.1 Å². The third-order valence-electron chi connectivity index (χ3n) is 3.03. The molecular weight excluding hydrogens is 251 g/mol. The molecule has 1 fully saturated rings. The van der Waals surface area contributed by atoms with E-state index in [1.807, 2.05) is 0 Å². The summed E-state index contributed by atoms with van der Waals surface area (Å²) >= 11 is 0. The van der Waals surface area contributed by atoms with Crippen molar-refractivity contribution < 1.29 is 12.8 Å². The van der Waals surface area contributed by atoms with Gasteiger partial charge in [0.2, 0.25) is 0 Å². The van der Waals surface area contributed by atoms with Crippen molar-refractivity contribution in [1.82, 2.24) is 0 Å². The van der Waals surface area contributed by atoms with E-state index >= 15 is 0 Å². The molecule has 0 unspecified atom stereocenters. The van der Waals surface area contributed by atoms with E-state index < -0.39 is 14.9 Å². The third-order valence-corrected chi connectivity index (χ3v) is 4.43. The van der Waals surface area contributed by atoms with Crippen LogP contribution in [0.3, 0.4) is 0 Å². The fraction of sp³-hybridized carbons (Fsp3) is 0.455. The largest absolute Gasteiger partial charge is 0.261 e. The molecule has 5 heteroatoms. The molecule has 0 atom stereocenters. The van der Waals surface area contributed by atoms with Crippen LogP contribution in [0, 0.1) is 5.82 Å². The number of halogens is 2. The minimum atomic E-state index is -3.78. The van der Waals surface area contributed by atoms with E-state index in [1.54, 1.807) is 0 Å². The van der Waals surface area contributed by atoms with Gasteiger partial charge in [0.1, 0.15) is 5.82 Å². The van der Waals surface area contributed by atoms with E-state index in [4.69, 9.17) is 10.7 Å². The predicted molar refractivity (Wildman–Crippen MR) is 60.6 cm³/mol. The number of hydrogen-bond donors (Lipinski definition) is 0. The Bertz CT molecular complexity index is 493. The highest BCUT2D eigenvalue weighted by atomic mass is 35.7. The first-order valence-corrected chi connectivity index (χ1v) is 7.53. The Kier molecular flexibility index (Phi) is 3.22. The molecule has 0 spiro atoms. The summed E-state index contributed by atoms with van der Waals surface area (Å²) in [6.45, 7) is 0. The van der Waals surface area contributed by atoms with Gasteiger partial charge in [-0.15, -0.1) is 0 Å². The minimum absolute atomic E-state index is 0.0578. The van der Waals surface area contributed by atoms with Gasteiger partial charge >= 0.3 is 0 Å².